The van der Waals surface area contributed by atoms with Crippen molar-refractivity contribution in [2.24, 2.45) is 5.41 Å². The van der Waals surface area contributed by atoms with Crippen molar-refractivity contribution in [1.29, 1.82) is 0 Å². The number of hydrogen-bond acceptors (Lipinski definition) is 3. The van der Waals surface area contributed by atoms with E-state index in [-0.39, 0.29) is 22.5 Å². The summed E-state index contributed by atoms with van der Waals surface area (Å²) < 4.78 is 0. The van der Waals surface area contributed by atoms with E-state index >= 15 is 0 Å². The third kappa shape index (κ3) is 2.43. The number of carbonyl (C=O) groups excluding carboxylic acids is 1. The van der Waals surface area contributed by atoms with Crippen LogP contribution in [0, 0.1) is 5.41 Å². The van der Waals surface area contributed by atoms with Gasteiger partial charge < -0.3 is 10.2 Å². The molecule has 21 heavy (non-hydrogen) atoms. The highest BCUT2D eigenvalue weighted by Crippen LogP contribution is 2.57. The van der Waals surface area contributed by atoms with E-state index in [1.54, 1.807) is 0 Å². The fourth-order valence-electron chi connectivity index (χ4n) is 3.78. The number of hydrogen-bond donors (Lipinski definition) is 1. The lowest BCUT2D eigenvalue weighted by atomic mass is 9.49. The molecule has 0 aromatic carbocycles. The van der Waals surface area contributed by atoms with Crippen LogP contribution in [0.5, 0.6) is 0 Å². The first-order chi connectivity index (χ1) is 9.94. The lowest BCUT2D eigenvalue weighted by molar-refractivity contribution is -0.0963. The standard InChI is InChI=1S/C15H19Cl2N3O/c1-20(2)12-7-11(15(12)4-3-5-15)19-14(21)9-6-13(17)18-8-10(9)16/h6,8,11-12H,3-5,7H2,1-2H3,(H,19,21). The molecule has 0 saturated heterocycles. The molecule has 2 aliphatic carbocycles. The normalized spacial score (nSPS) is 26.3. The molecular formula is C15H19Cl2N3O. The maximum Gasteiger partial charge on any atom is 0.253 e. The first kappa shape index (κ1) is 15.1. The summed E-state index contributed by atoms with van der Waals surface area (Å²) in [5.41, 5.74) is 0.655. The molecule has 4 nitrogen and oxygen atoms in total. The van der Waals surface area contributed by atoms with Crippen molar-refractivity contribution in [3.63, 3.8) is 0 Å². The van der Waals surface area contributed by atoms with Crippen LogP contribution < -0.4 is 5.32 Å². The van der Waals surface area contributed by atoms with E-state index < -0.39 is 0 Å². The molecule has 114 valence electrons. The number of carbonyl (C=O) groups is 1. The number of nitrogens with zero attached hydrogens (tertiary/aromatic N) is 2. The van der Waals surface area contributed by atoms with Crippen LogP contribution in [0.4, 0.5) is 0 Å². The largest absolute Gasteiger partial charge is 0.349 e. The van der Waals surface area contributed by atoms with Crippen LogP contribution in [0.2, 0.25) is 10.2 Å². The minimum absolute atomic E-state index is 0.155. The SMILES string of the molecule is CN(C)C1CC(NC(=O)c2cc(Cl)ncc2Cl)C12CCC2. The van der Waals surface area contributed by atoms with Crippen molar-refractivity contribution < 1.29 is 4.79 Å². The summed E-state index contributed by atoms with van der Waals surface area (Å²) in [4.78, 5) is 18.6. The van der Waals surface area contributed by atoms with Crippen molar-refractivity contribution in [3.05, 3.63) is 28.0 Å². The molecule has 2 saturated carbocycles. The molecule has 2 fully saturated rings. The van der Waals surface area contributed by atoms with Gasteiger partial charge in [-0.15, -0.1) is 0 Å². The predicted octanol–water partition coefficient (Wildman–Crippen LogP) is 2.99. The van der Waals surface area contributed by atoms with Crippen LogP contribution in [0.1, 0.15) is 36.0 Å². The van der Waals surface area contributed by atoms with Gasteiger partial charge in [0.25, 0.3) is 5.91 Å². The van der Waals surface area contributed by atoms with Crippen LogP contribution >= 0.6 is 23.2 Å². The number of aromatic nitrogens is 1. The first-order valence-electron chi connectivity index (χ1n) is 7.22. The highest BCUT2D eigenvalue weighted by atomic mass is 35.5. The zero-order valence-corrected chi connectivity index (χ0v) is 13.7. The summed E-state index contributed by atoms with van der Waals surface area (Å²) in [7, 11) is 4.23. The molecule has 0 bridgehead atoms. The molecule has 2 aliphatic rings. The fraction of sp³-hybridized carbons (Fsp3) is 0.600. The van der Waals surface area contributed by atoms with E-state index in [2.05, 4.69) is 29.3 Å². The van der Waals surface area contributed by atoms with Crippen LogP contribution in [0.15, 0.2) is 12.3 Å². The Balaban J connectivity index is 1.73. The van der Waals surface area contributed by atoms with E-state index in [1.807, 2.05) is 0 Å². The Labute approximate surface area is 134 Å². The van der Waals surface area contributed by atoms with Gasteiger partial charge in [-0.2, -0.15) is 0 Å². The summed E-state index contributed by atoms with van der Waals surface area (Å²) in [5, 5.41) is 3.76. The van der Waals surface area contributed by atoms with Gasteiger partial charge in [0.15, 0.2) is 0 Å². The van der Waals surface area contributed by atoms with E-state index in [4.69, 9.17) is 23.2 Å². The molecule has 3 rings (SSSR count). The molecule has 1 spiro atoms. The van der Waals surface area contributed by atoms with Crippen molar-refractivity contribution in [2.45, 2.75) is 37.8 Å². The van der Waals surface area contributed by atoms with Crippen molar-refractivity contribution in [3.8, 4) is 0 Å². The van der Waals surface area contributed by atoms with E-state index in [0.29, 0.717) is 16.6 Å². The number of halogens is 2. The Kier molecular flexibility index (Phi) is 3.89. The van der Waals surface area contributed by atoms with Gasteiger partial charge in [-0.1, -0.05) is 29.6 Å². The smallest absolute Gasteiger partial charge is 0.253 e. The fourth-order valence-corrected chi connectivity index (χ4v) is 4.13. The number of pyridine rings is 1. The summed E-state index contributed by atoms with van der Waals surface area (Å²) in [6.45, 7) is 0. The highest BCUT2D eigenvalue weighted by Gasteiger charge is 2.59. The first-order valence-corrected chi connectivity index (χ1v) is 7.98. The molecule has 1 N–H and O–H groups in total. The van der Waals surface area contributed by atoms with Crippen LogP contribution in [-0.2, 0) is 0 Å². The summed E-state index contributed by atoms with van der Waals surface area (Å²) in [6, 6.07) is 2.32. The highest BCUT2D eigenvalue weighted by molar-refractivity contribution is 6.35. The molecule has 1 aromatic rings. The summed E-state index contributed by atoms with van der Waals surface area (Å²) in [5.74, 6) is -0.155. The van der Waals surface area contributed by atoms with Crippen LogP contribution in [-0.4, -0.2) is 42.0 Å². The topological polar surface area (TPSA) is 45.2 Å². The Morgan fingerprint density at radius 1 is 1.43 bits per heavy atom. The van der Waals surface area contributed by atoms with Crippen molar-refractivity contribution in [2.75, 3.05) is 14.1 Å². The van der Waals surface area contributed by atoms with Gasteiger partial charge in [0.2, 0.25) is 0 Å². The van der Waals surface area contributed by atoms with Gasteiger partial charge in [0.05, 0.1) is 10.6 Å². The third-order valence-electron chi connectivity index (χ3n) is 5.10. The maximum absolute atomic E-state index is 12.4. The molecule has 1 heterocycles. The van der Waals surface area contributed by atoms with Gasteiger partial charge in [0, 0.05) is 23.7 Å². The Morgan fingerprint density at radius 3 is 2.71 bits per heavy atom. The second-order valence-electron chi connectivity index (χ2n) is 6.31. The quantitative estimate of drug-likeness (QED) is 0.868. The Morgan fingerprint density at radius 2 is 2.14 bits per heavy atom. The second-order valence-corrected chi connectivity index (χ2v) is 7.11. The molecule has 1 amide bonds. The van der Waals surface area contributed by atoms with Crippen molar-refractivity contribution >= 4 is 29.1 Å². The van der Waals surface area contributed by atoms with Gasteiger partial charge in [-0.25, -0.2) is 4.98 Å². The average molecular weight is 328 g/mol. The lowest BCUT2D eigenvalue weighted by Gasteiger charge is -2.63. The zero-order valence-electron chi connectivity index (χ0n) is 12.2. The molecular weight excluding hydrogens is 309 g/mol. The van der Waals surface area contributed by atoms with E-state index in [0.717, 1.165) is 6.42 Å². The molecule has 2 unspecified atom stereocenters. The van der Waals surface area contributed by atoms with Gasteiger partial charge >= 0.3 is 0 Å². The number of nitrogens with one attached hydrogen (secondary N) is 1. The summed E-state index contributed by atoms with van der Waals surface area (Å²) >= 11 is 11.9. The maximum atomic E-state index is 12.4. The van der Waals surface area contributed by atoms with Gasteiger partial charge in [0.1, 0.15) is 5.15 Å². The average Bonchev–Trinajstić information content (AvgIpc) is 2.34. The van der Waals surface area contributed by atoms with Crippen molar-refractivity contribution in [1.82, 2.24) is 15.2 Å². The molecule has 0 aliphatic heterocycles. The molecule has 1 aromatic heterocycles. The number of rotatable bonds is 3. The van der Waals surface area contributed by atoms with Crippen LogP contribution in [0.25, 0.3) is 0 Å². The molecule has 0 radical (unpaired) electrons. The summed E-state index contributed by atoms with van der Waals surface area (Å²) in [6.07, 6.45) is 6.03. The predicted molar refractivity (Wildman–Crippen MR) is 83.9 cm³/mol. The monoisotopic (exact) mass is 327 g/mol. The molecule has 2 atom stereocenters. The van der Waals surface area contributed by atoms with Gasteiger partial charge in [-0.3, -0.25) is 4.79 Å². The Hall–Kier alpha value is -0.840. The minimum atomic E-state index is -0.155. The number of amides is 1. The van der Waals surface area contributed by atoms with E-state index in [9.17, 15) is 4.79 Å². The second kappa shape index (κ2) is 5.41. The van der Waals surface area contributed by atoms with Gasteiger partial charge in [-0.05, 0) is 39.4 Å². The van der Waals surface area contributed by atoms with E-state index in [1.165, 1.54) is 31.5 Å². The lowest BCUT2D eigenvalue weighted by Crippen LogP contribution is -2.70. The van der Waals surface area contributed by atoms with Crippen LogP contribution in [0.3, 0.4) is 0 Å². The third-order valence-corrected chi connectivity index (χ3v) is 5.60. The molecule has 6 heteroatoms. The minimum Gasteiger partial charge on any atom is -0.349 e. The Bertz CT molecular complexity index is 572. The zero-order chi connectivity index (χ0) is 15.2.